The van der Waals surface area contributed by atoms with E-state index >= 15 is 0 Å². The number of nitrogens with zero attached hydrogens (tertiary/aromatic N) is 3. The fraction of sp³-hybridized carbons (Fsp3) is 0.0870. The highest BCUT2D eigenvalue weighted by atomic mass is 32.1. The van der Waals surface area contributed by atoms with Gasteiger partial charge >= 0.3 is 0 Å². The van der Waals surface area contributed by atoms with E-state index in [9.17, 15) is 4.79 Å². The van der Waals surface area contributed by atoms with E-state index in [2.05, 4.69) is 15.4 Å². The summed E-state index contributed by atoms with van der Waals surface area (Å²) in [7, 11) is 3.21. The minimum atomic E-state index is -0.272. The Balaban J connectivity index is 1.44. The van der Waals surface area contributed by atoms with Gasteiger partial charge in [-0.25, -0.2) is 9.67 Å². The van der Waals surface area contributed by atoms with Crippen LogP contribution in [-0.4, -0.2) is 34.9 Å². The van der Waals surface area contributed by atoms with Gasteiger partial charge in [0.25, 0.3) is 0 Å². The predicted octanol–water partition coefficient (Wildman–Crippen LogP) is 4.66. The number of aromatic nitrogens is 3. The molecule has 31 heavy (non-hydrogen) atoms. The second-order valence-electron chi connectivity index (χ2n) is 6.48. The fourth-order valence-corrected chi connectivity index (χ4v) is 3.65. The van der Waals surface area contributed by atoms with Crippen LogP contribution in [0.3, 0.4) is 0 Å². The molecule has 0 radical (unpaired) electrons. The van der Waals surface area contributed by atoms with E-state index in [0.29, 0.717) is 22.3 Å². The minimum Gasteiger partial charge on any atom is -0.497 e. The van der Waals surface area contributed by atoms with Gasteiger partial charge in [-0.2, -0.15) is 5.10 Å². The Bertz CT molecular complexity index is 1210. The number of carbonyl (C=O) groups is 1. The van der Waals surface area contributed by atoms with Gasteiger partial charge < -0.3 is 9.47 Å². The van der Waals surface area contributed by atoms with Crippen molar-refractivity contribution < 1.29 is 14.3 Å². The molecule has 0 fully saturated rings. The highest BCUT2D eigenvalue weighted by Gasteiger charge is 2.12. The average Bonchev–Trinajstić information content (AvgIpc) is 3.47. The maximum atomic E-state index is 12.3. The molecule has 0 spiro atoms. The number of hydrogen-bond acceptors (Lipinski definition) is 6. The maximum Gasteiger partial charge on any atom is 0.250 e. The van der Waals surface area contributed by atoms with Gasteiger partial charge in [0, 0.05) is 28.8 Å². The molecule has 0 aliphatic carbocycles. The van der Waals surface area contributed by atoms with Crippen molar-refractivity contribution in [1.29, 1.82) is 0 Å². The van der Waals surface area contributed by atoms with E-state index in [4.69, 9.17) is 9.47 Å². The van der Waals surface area contributed by atoms with Gasteiger partial charge in [0.2, 0.25) is 5.91 Å². The molecule has 2 aromatic carbocycles. The van der Waals surface area contributed by atoms with Crippen LogP contribution < -0.4 is 14.8 Å². The van der Waals surface area contributed by atoms with Crippen LogP contribution in [0, 0.1) is 0 Å². The van der Waals surface area contributed by atoms with Gasteiger partial charge in [-0.05, 0) is 36.4 Å². The van der Waals surface area contributed by atoms with Crippen LogP contribution in [0.25, 0.3) is 23.0 Å². The zero-order chi connectivity index (χ0) is 21.6. The van der Waals surface area contributed by atoms with Crippen molar-refractivity contribution in [3.63, 3.8) is 0 Å². The molecule has 0 bridgehead atoms. The third-order valence-corrected chi connectivity index (χ3v) is 5.23. The molecule has 156 valence electrons. The molecule has 2 aromatic heterocycles. The molecule has 0 saturated carbocycles. The van der Waals surface area contributed by atoms with E-state index in [-0.39, 0.29) is 5.91 Å². The van der Waals surface area contributed by atoms with Crippen LogP contribution in [0.2, 0.25) is 0 Å². The summed E-state index contributed by atoms with van der Waals surface area (Å²) in [6.45, 7) is 0. The first-order valence-electron chi connectivity index (χ1n) is 9.43. The average molecular weight is 433 g/mol. The number of nitrogens with one attached hydrogen (secondary N) is 1. The van der Waals surface area contributed by atoms with Crippen molar-refractivity contribution in [2.24, 2.45) is 0 Å². The zero-order valence-corrected chi connectivity index (χ0v) is 17.8. The van der Waals surface area contributed by atoms with Crippen molar-refractivity contribution in [2.45, 2.75) is 0 Å². The number of ether oxygens (including phenoxy) is 2. The number of amides is 1. The summed E-state index contributed by atoms with van der Waals surface area (Å²) in [5, 5.41) is 9.46. The lowest BCUT2D eigenvalue weighted by Gasteiger charge is -2.08. The summed E-state index contributed by atoms with van der Waals surface area (Å²) in [6.07, 6.45) is 6.73. The SMILES string of the molecule is COc1ccc(OC)c(-c2csc(NC(=O)/C=C/c3cnn(-c4ccccc4)c3)n2)c1. The Morgan fingerprint density at radius 2 is 1.97 bits per heavy atom. The molecular formula is C23H20N4O3S. The zero-order valence-electron chi connectivity index (χ0n) is 17.0. The summed E-state index contributed by atoms with van der Waals surface area (Å²) >= 11 is 1.34. The van der Waals surface area contributed by atoms with Gasteiger partial charge in [-0.15, -0.1) is 11.3 Å². The molecule has 0 aliphatic heterocycles. The van der Waals surface area contributed by atoms with Gasteiger partial charge in [0.1, 0.15) is 11.5 Å². The number of carbonyl (C=O) groups excluding carboxylic acids is 1. The summed E-state index contributed by atoms with van der Waals surface area (Å²) in [5.41, 5.74) is 3.27. The molecule has 0 saturated heterocycles. The van der Waals surface area contributed by atoms with Crippen molar-refractivity contribution >= 4 is 28.5 Å². The first-order chi connectivity index (χ1) is 15.2. The van der Waals surface area contributed by atoms with Crippen LogP contribution in [0.15, 0.2) is 72.4 Å². The second-order valence-corrected chi connectivity index (χ2v) is 7.34. The Morgan fingerprint density at radius 1 is 1.13 bits per heavy atom. The smallest absolute Gasteiger partial charge is 0.250 e. The number of methoxy groups -OCH3 is 2. The van der Waals surface area contributed by atoms with Gasteiger partial charge in [-0.1, -0.05) is 18.2 Å². The molecule has 8 heteroatoms. The highest BCUT2D eigenvalue weighted by Crippen LogP contribution is 2.35. The number of thiazole rings is 1. The monoisotopic (exact) mass is 432 g/mol. The number of benzene rings is 2. The van der Waals surface area contributed by atoms with Crippen LogP contribution in [0.1, 0.15) is 5.56 Å². The van der Waals surface area contributed by atoms with Crippen LogP contribution >= 0.6 is 11.3 Å². The quantitative estimate of drug-likeness (QED) is 0.430. The highest BCUT2D eigenvalue weighted by molar-refractivity contribution is 7.14. The number of hydrogen-bond donors (Lipinski definition) is 1. The normalized spacial score (nSPS) is 10.9. The lowest BCUT2D eigenvalue weighted by molar-refractivity contribution is -0.111. The van der Waals surface area contributed by atoms with Crippen molar-refractivity contribution in [3.05, 3.63) is 77.9 Å². The first kappa shape index (κ1) is 20.4. The lowest BCUT2D eigenvalue weighted by Crippen LogP contribution is -2.07. The van der Waals surface area contributed by atoms with E-state index < -0.39 is 0 Å². The third-order valence-electron chi connectivity index (χ3n) is 4.47. The number of para-hydroxylation sites is 1. The van der Waals surface area contributed by atoms with Crippen LogP contribution in [0.5, 0.6) is 11.5 Å². The van der Waals surface area contributed by atoms with Gasteiger partial charge in [-0.3, -0.25) is 10.1 Å². The molecule has 0 atom stereocenters. The Kier molecular flexibility index (Phi) is 6.09. The third kappa shape index (κ3) is 4.81. The lowest BCUT2D eigenvalue weighted by atomic mass is 10.1. The number of anilines is 1. The Labute approximate surface area is 183 Å². The Hall–Kier alpha value is -3.91. The molecular weight excluding hydrogens is 412 g/mol. The molecule has 7 nitrogen and oxygen atoms in total. The molecule has 0 aliphatic rings. The molecule has 1 N–H and O–H groups in total. The molecule has 4 rings (SSSR count). The van der Waals surface area contributed by atoms with Crippen LogP contribution in [-0.2, 0) is 4.79 Å². The summed E-state index contributed by atoms with van der Waals surface area (Å²) < 4.78 is 12.5. The van der Waals surface area contributed by atoms with E-state index in [1.807, 2.05) is 60.1 Å². The standard InChI is InChI=1S/C23H20N4O3S/c1-29-18-9-10-21(30-2)19(12-18)20-15-31-23(25-20)26-22(28)11-8-16-13-24-27(14-16)17-6-4-3-5-7-17/h3-15H,1-2H3,(H,25,26,28)/b11-8+. The molecule has 1 amide bonds. The topological polar surface area (TPSA) is 78.3 Å². The van der Waals surface area contributed by atoms with E-state index in [1.165, 1.54) is 17.4 Å². The molecule has 4 aromatic rings. The molecule has 0 unspecified atom stereocenters. The van der Waals surface area contributed by atoms with Crippen molar-refractivity contribution in [3.8, 4) is 28.4 Å². The van der Waals surface area contributed by atoms with Crippen molar-refractivity contribution in [1.82, 2.24) is 14.8 Å². The fourth-order valence-electron chi connectivity index (χ4n) is 2.93. The van der Waals surface area contributed by atoms with Gasteiger partial charge in [0.05, 0.1) is 31.8 Å². The van der Waals surface area contributed by atoms with Crippen LogP contribution in [0.4, 0.5) is 5.13 Å². The molecule has 2 heterocycles. The van der Waals surface area contributed by atoms with Gasteiger partial charge in [0.15, 0.2) is 5.13 Å². The summed E-state index contributed by atoms with van der Waals surface area (Å²) in [4.78, 5) is 16.8. The Morgan fingerprint density at radius 3 is 2.74 bits per heavy atom. The number of rotatable bonds is 7. The maximum absolute atomic E-state index is 12.3. The van der Waals surface area contributed by atoms with E-state index in [1.54, 1.807) is 31.2 Å². The van der Waals surface area contributed by atoms with E-state index in [0.717, 1.165) is 16.8 Å². The largest absolute Gasteiger partial charge is 0.497 e. The second kappa shape index (κ2) is 9.27. The van der Waals surface area contributed by atoms with Crippen molar-refractivity contribution in [2.75, 3.05) is 19.5 Å². The first-order valence-corrected chi connectivity index (χ1v) is 10.3. The predicted molar refractivity (Wildman–Crippen MR) is 122 cm³/mol. The summed E-state index contributed by atoms with van der Waals surface area (Å²) in [5.74, 6) is 1.11. The summed E-state index contributed by atoms with van der Waals surface area (Å²) in [6, 6.07) is 15.3. The minimum absolute atomic E-state index is 0.272.